The van der Waals surface area contributed by atoms with Crippen LogP contribution in [0.5, 0.6) is 0 Å². The largest absolute Gasteiger partial charge is 0.0616 e. The van der Waals surface area contributed by atoms with Crippen molar-refractivity contribution in [2.24, 2.45) is 0 Å². The van der Waals surface area contributed by atoms with E-state index in [0.29, 0.717) is 0 Å². The Labute approximate surface area is 114 Å². The second-order valence-corrected chi connectivity index (χ2v) is 5.21. The van der Waals surface area contributed by atoms with Gasteiger partial charge in [0.05, 0.1) is 0 Å². The average molecular weight is 246 g/mol. The second kappa shape index (κ2) is 4.55. The fraction of sp³-hybridized carbons (Fsp3) is 0.158. The van der Waals surface area contributed by atoms with Crippen molar-refractivity contribution in [3.63, 3.8) is 0 Å². The van der Waals surface area contributed by atoms with Crippen LogP contribution in [-0.2, 0) is 0 Å². The zero-order chi connectivity index (χ0) is 13.4. The first kappa shape index (κ1) is 12.0. The number of rotatable bonds is 1. The summed E-state index contributed by atoms with van der Waals surface area (Å²) in [5, 5.41) is 2.63. The summed E-state index contributed by atoms with van der Waals surface area (Å²) in [6.45, 7) is 6.61. The van der Waals surface area contributed by atoms with Crippen LogP contribution in [0.1, 0.15) is 16.7 Å². The van der Waals surface area contributed by atoms with E-state index < -0.39 is 0 Å². The van der Waals surface area contributed by atoms with Gasteiger partial charge in [-0.05, 0) is 59.4 Å². The first-order chi connectivity index (χ1) is 9.18. The van der Waals surface area contributed by atoms with E-state index in [9.17, 15) is 0 Å². The Morgan fingerprint density at radius 1 is 0.579 bits per heavy atom. The standard InChI is InChI=1S/C19H18/c1-13-11-12-17(15(3)14(13)2)19-10-6-8-16-7-4-5-9-18(16)19/h4-12H,1-3H3. The Morgan fingerprint density at radius 2 is 1.32 bits per heavy atom. The summed E-state index contributed by atoms with van der Waals surface area (Å²) in [6.07, 6.45) is 0. The predicted molar refractivity (Wildman–Crippen MR) is 83.6 cm³/mol. The third kappa shape index (κ3) is 1.94. The van der Waals surface area contributed by atoms with Gasteiger partial charge in [-0.25, -0.2) is 0 Å². The Bertz CT molecular complexity index is 746. The van der Waals surface area contributed by atoms with Crippen LogP contribution in [0.25, 0.3) is 21.9 Å². The summed E-state index contributed by atoms with van der Waals surface area (Å²) in [4.78, 5) is 0. The van der Waals surface area contributed by atoms with Crippen LogP contribution in [0.3, 0.4) is 0 Å². The van der Waals surface area contributed by atoms with Crippen LogP contribution >= 0.6 is 0 Å². The smallest absolute Gasteiger partial charge is 0.0103 e. The van der Waals surface area contributed by atoms with E-state index in [0.717, 1.165) is 0 Å². The van der Waals surface area contributed by atoms with Crippen LogP contribution in [-0.4, -0.2) is 0 Å². The Kier molecular flexibility index (Phi) is 2.87. The Morgan fingerprint density at radius 3 is 2.16 bits per heavy atom. The number of hydrogen-bond donors (Lipinski definition) is 0. The molecule has 3 rings (SSSR count). The van der Waals surface area contributed by atoms with Crippen molar-refractivity contribution < 1.29 is 0 Å². The Balaban J connectivity index is 2.34. The van der Waals surface area contributed by atoms with E-state index in [4.69, 9.17) is 0 Å². The van der Waals surface area contributed by atoms with E-state index in [2.05, 4.69) is 75.4 Å². The van der Waals surface area contributed by atoms with Crippen molar-refractivity contribution in [2.45, 2.75) is 20.8 Å². The lowest BCUT2D eigenvalue weighted by molar-refractivity contribution is 1.27. The maximum Gasteiger partial charge on any atom is -0.0103 e. The molecule has 0 heterocycles. The minimum absolute atomic E-state index is 1.30. The molecular weight excluding hydrogens is 228 g/mol. The minimum atomic E-state index is 1.30. The zero-order valence-corrected chi connectivity index (χ0v) is 11.7. The number of aryl methyl sites for hydroxylation is 1. The van der Waals surface area contributed by atoms with Gasteiger partial charge < -0.3 is 0 Å². The molecule has 0 heteroatoms. The molecule has 0 aliphatic heterocycles. The zero-order valence-electron chi connectivity index (χ0n) is 11.7. The minimum Gasteiger partial charge on any atom is -0.0616 e. The van der Waals surface area contributed by atoms with Gasteiger partial charge in [0.15, 0.2) is 0 Å². The molecule has 0 aliphatic carbocycles. The van der Waals surface area contributed by atoms with Crippen LogP contribution in [0, 0.1) is 20.8 Å². The molecule has 0 aliphatic rings. The summed E-state index contributed by atoms with van der Waals surface area (Å²) in [7, 11) is 0. The van der Waals surface area contributed by atoms with Crippen molar-refractivity contribution in [3.8, 4) is 11.1 Å². The van der Waals surface area contributed by atoms with Crippen molar-refractivity contribution in [2.75, 3.05) is 0 Å². The molecular formula is C19H18. The molecule has 0 aromatic heterocycles. The molecule has 3 aromatic carbocycles. The van der Waals surface area contributed by atoms with Gasteiger partial charge >= 0.3 is 0 Å². The highest BCUT2D eigenvalue weighted by atomic mass is 14.1. The molecule has 19 heavy (non-hydrogen) atoms. The summed E-state index contributed by atoms with van der Waals surface area (Å²) < 4.78 is 0. The monoisotopic (exact) mass is 246 g/mol. The van der Waals surface area contributed by atoms with Crippen LogP contribution in [0.2, 0.25) is 0 Å². The molecule has 0 saturated carbocycles. The highest BCUT2D eigenvalue weighted by molar-refractivity contribution is 5.97. The van der Waals surface area contributed by atoms with Gasteiger partial charge in [0.1, 0.15) is 0 Å². The Hall–Kier alpha value is -2.08. The number of hydrogen-bond acceptors (Lipinski definition) is 0. The second-order valence-electron chi connectivity index (χ2n) is 5.21. The van der Waals surface area contributed by atoms with E-state index in [1.54, 1.807) is 0 Å². The maximum atomic E-state index is 2.25. The average Bonchev–Trinajstić information content (AvgIpc) is 2.45. The highest BCUT2D eigenvalue weighted by Gasteiger charge is 2.08. The molecule has 0 unspecified atom stereocenters. The third-order valence-electron chi connectivity index (χ3n) is 4.14. The van der Waals surface area contributed by atoms with Crippen LogP contribution in [0.4, 0.5) is 0 Å². The SMILES string of the molecule is Cc1ccc(-c2cccc3ccccc23)c(C)c1C. The van der Waals surface area contributed by atoms with Gasteiger partial charge in [-0.1, -0.05) is 54.6 Å². The van der Waals surface area contributed by atoms with E-state index >= 15 is 0 Å². The molecule has 0 spiro atoms. The first-order valence-corrected chi connectivity index (χ1v) is 6.73. The quantitative estimate of drug-likeness (QED) is 0.537. The summed E-state index contributed by atoms with van der Waals surface area (Å²) in [6, 6.07) is 19.6. The van der Waals surface area contributed by atoms with Gasteiger partial charge in [-0.2, -0.15) is 0 Å². The van der Waals surface area contributed by atoms with E-state index in [1.165, 1.54) is 38.6 Å². The highest BCUT2D eigenvalue weighted by Crippen LogP contribution is 2.32. The van der Waals surface area contributed by atoms with Crippen molar-refractivity contribution >= 4 is 10.8 Å². The molecule has 0 bridgehead atoms. The van der Waals surface area contributed by atoms with Gasteiger partial charge in [-0.3, -0.25) is 0 Å². The predicted octanol–water partition coefficient (Wildman–Crippen LogP) is 5.43. The van der Waals surface area contributed by atoms with Crippen LogP contribution in [0.15, 0.2) is 54.6 Å². The number of fused-ring (bicyclic) bond motifs is 1. The first-order valence-electron chi connectivity index (χ1n) is 6.73. The third-order valence-corrected chi connectivity index (χ3v) is 4.14. The molecule has 0 saturated heterocycles. The topological polar surface area (TPSA) is 0 Å². The van der Waals surface area contributed by atoms with Gasteiger partial charge in [0, 0.05) is 0 Å². The van der Waals surface area contributed by atoms with E-state index in [1.807, 2.05) is 0 Å². The molecule has 0 fully saturated rings. The van der Waals surface area contributed by atoms with E-state index in [-0.39, 0.29) is 0 Å². The lowest BCUT2D eigenvalue weighted by Gasteiger charge is -2.13. The summed E-state index contributed by atoms with van der Waals surface area (Å²) >= 11 is 0. The fourth-order valence-electron chi connectivity index (χ4n) is 2.71. The molecule has 0 atom stereocenters. The normalized spacial score (nSPS) is 10.9. The fourth-order valence-corrected chi connectivity index (χ4v) is 2.71. The van der Waals surface area contributed by atoms with Crippen LogP contribution < -0.4 is 0 Å². The maximum absolute atomic E-state index is 2.25. The summed E-state index contributed by atoms with van der Waals surface area (Å²) in [5.41, 5.74) is 6.82. The van der Waals surface area contributed by atoms with Crippen molar-refractivity contribution in [1.29, 1.82) is 0 Å². The molecule has 0 radical (unpaired) electrons. The van der Waals surface area contributed by atoms with Gasteiger partial charge in [0.2, 0.25) is 0 Å². The molecule has 3 aromatic rings. The molecule has 94 valence electrons. The lowest BCUT2D eigenvalue weighted by atomic mass is 9.91. The molecule has 0 N–H and O–H groups in total. The van der Waals surface area contributed by atoms with Gasteiger partial charge in [0.25, 0.3) is 0 Å². The summed E-state index contributed by atoms with van der Waals surface area (Å²) in [5.74, 6) is 0. The van der Waals surface area contributed by atoms with Crippen molar-refractivity contribution in [3.05, 3.63) is 71.3 Å². The number of benzene rings is 3. The molecule has 0 amide bonds. The molecule has 0 nitrogen and oxygen atoms in total. The van der Waals surface area contributed by atoms with Crippen molar-refractivity contribution in [1.82, 2.24) is 0 Å². The lowest BCUT2D eigenvalue weighted by Crippen LogP contribution is -1.91. The van der Waals surface area contributed by atoms with Gasteiger partial charge in [-0.15, -0.1) is 0 Å².